The van der Waals surface area contributed by atoms with E-state index >= 15 is 0 Å². The van der Waals surface area contributed by atoms with E-state index in [4.69, 9.17) is 5.11 Å². The van der Waals surface area contributed by atoms with E-state index in [1.165, 1.54) is 0 Å². The zero-order valence-electron chi connectivity index (χ0n) is 7.96. The molecule has 0 bridgehead atoms. The topological polar surface area (TPSA) is 35.5 Å². The third-order valence-corrected chi connectivity index (χ3v) is 1.52. The van der Waals surface area contributed by atoms with Crippen LogP contribution in [0.25, 0.3) is 0 Å². The molecule has 0 radical (unpaired) electrons. The Kier molecular flexibility index (Phi) is 5.46. The van der Waals surface area contributed by atoms with E-state index in [2.05, 4.69) is 38.1 Å². The van der Waals surface area contributed by atoms with Gasteiger partial charge in [0, 0.05) is 18.6 Å². The van der Waals surface area contributed by atoms with E-state index in [9.17, 15) is 0 Å². The number of hydrazine groups is 1. The molecule has 0 aliphatic carbocycles. The van der Waals surface area contributed by atoms with Crippen LogP contribution in [0.2, 0.25) is 0 Å². The molecule has 0 amide bonds. The van der Waals surface area contributed by atoms with Crippen LogP contribution in [0, 0.1) is 0 Å². The number of hydrogen-bond donors (Lipinski definition) is 2. The lowest BCUT2D eigenvalue weighted by molar-refractivity contribution is 0.0921. The van der Waals surface area contributed by atoms with Gasteiger partial charge in [0.05, 0.1) is 6.61 Å². The molecule has 11 heavy (non-hydrogen) atoms. The van der Waals surface area contributed by atoms with Crippen LogP contribution in [-0.4, -0.2) is 35.4 Å². The molecule has 0 aliphatic heterocycles. The molecular weight excluding hydrogens is 140 g/mol. The Balaban J connectivity index is 3.70. The summed E-state index contributed by atoms with van der Waals surface area (Å²) >= 11 is 0. The van der Waals surface area contributed by atoms with Gasteiger partial charge in [-0.25, -0.2) is 5.01 Å². The molecule has 0 aromatic rings. The van der Waals surface area contributed by atoms with Crippen molar-refractivity contribution in [1.29, 1.82) is 0 Å². The van der Waals surface area contributed by atoms with Crippen molar-refractivity contribution in [3.05, 3.63) is 0 Å². The molecule has 0 saturated carbocycles. The van der Waals surface area contributed by atoms with Gasteiger partial charge in [-0.1, -0.05) is 0 Å². The molecule has 2 N–H and O–H groups in total. The molecule has 68 valence electrons. The maximum Gasteiger partial charge on any atom is 0.0570 e. The van der Waals surface area contributed by atoms with Crippen molar-refractivity contribution in [3.63, 3.8) is 0 Å². The third kappa shape index (κ3) is 4.35. The number of rotatable bonds is 5. The van der Waals surface area contributed by atoms with Gasteiger partial charge in [-0.3, -0.25) is 5.43 Å². The molecule has 0 aromatic heterocycles. The van der Waals surface area contributed by atoms with Crippen LogP contribution in [-0.2, 0) is 0 Å². The van der Waals surface area contributed by atoms with Gasteiger partial charge in [0.2, 0.25) is 0 Å². The van der Waals surface area contributed by atoms with Crippen molar-refractivity contribution < 1.29 is 5.11 Å². The molecule has 0 aliphatic rings. The first-order valence-electron chi connectivity index (χ1n) is 4.22. The summed E-state index contributed by atoms with van der Waals surface area (Å²) in [6.07, 6.45) is 0. The average molecular weight is 160 g/mol. The average Bonchev–Trinajstić information content (AvgIpc) is 1.87. The molecule has 0 fully saturated rings. The van der Waals surface area contributed by atoms with Crippen LogP contribution < -0.4 is 5.43 Å². The molecule has 3 nitrogen and oxygen atoms in total. The van der Waals surface area contributed by atoms with Gasteiger partial charge in [0.15, 0.2) is 0 Å². The summed E-state index contributed by atoms with van der Waals surface area (Å²) in [5.41, 5.74) is 3.15. The van der Waals surface area contributed by atoms with Crippen LogP contribution >= 0.6 is 0 Å². The highest BCUT2D eigenvalue weighted by Crippen LogP contribution is 1.99. The fraction of sp³-hybridized carbons (Fsp3) is 1.00. The van der Waals surface area contributed by atoms with E-state index in [-0.39, 0.29) is 6.61 Å². The van der Waals surface area contributed by atoms with E-state index in [1.54, 1.807) is 0 Å². The number of nitrogens with zero attached hydrogens (tertiary/aromatic N) is 1. The number of hydrogen-bond acceptors (Lipinski definition) is 3. The van der Waals surface area contributed by atoms with Crippen LogP contribution in [0.5, 0.6) is 0 Å². The SMILES string of the molecule is CC(C)N(NCCO)C(C)C. The summed E-state index contributed by atoms with van der Waals surface area (Å²) in [5, 5.41) is 10.7. The Labute approximate surface area is 69.4 Å². The second kappa shape index (κ2) is 5.52. The number of aliphatic hydroxyl groups is 1. The molecular formula is C8H20N2O. The van der Waals surface area contributed by atoms with E-state index in [0.717, 1.165) is 0 Å². The van der Waals surface area contributed by atoms with Gasteiger partial charge in [-0.2, -0.15) is 0 Å². The zero-order chi connectivity index (χ0) is 8.85. The predicted octanol–water partition coefficient (Wildman–Crippen LogP) is 0.602. The van der Waals surface area contributed by atoms with Crippen molar-refractivity contribution in [2.75, 3.05) is 13.2 Å². The van der Waals surface area contributed by atoms with Gasteiger partial charge in [0.25, 0.3) is 0 Å². The number of nitrogens with one attached hydrogen (secondary N) is 1. The first-order chi connectivity index (χ1) is 5.09. The summed E-state index contributed by atoms with van der Waals surface area (Å²) in [4.78, 5) is 0. The molecule has 0 saturated heterocycles. The van der Waals surface area contributed by atoms with Crippen molar-refractivity contribution in [1.82, 2.24) is 10.4 Å². The third-order valence-electron chi connectivity index (χ3n) is 1.52. The van der Waals surface area contributed by atoms with Crippen LogP contribution in [0.1, 0.15) is 27.7 Å². The van der Waals surface area contributed by atoms with E-state index in [0.29, 0.717) is 18.6 Å². The first kappa shape index (κ1) is 10.9. The Morgan fingerprint density at radius 3 is 1.91 bits per heavy atom. The highest BCUT2D eigenvalue weighted by Gasteiger charge is 2.11. The summed E-state index contributed by atoms with van der Waals surface area (Å²) in [6, 6.07) is 0.947. The predicted molar refractivity (Wildman–Crippen MR) is 47.2 cm³/mol. The molecule has 3 heteroatoms. The second-order valence-electron chi connectivity index (χ2n) is 3.23. The lowest BCUT2D eigenvalue weighted by atomic mass is 10.3. The van der Waals surface area contributed by atoms with Gasteiger partial charge in [0.1, 0.15) is 0 Å². The van der Waals surface area contributed by atoms with E-state index in [1.807, 2.05) is 0 Å². The maximum absolute atomic E-state index is 8.59. The van der Waals surface area contributed by atoms with Crippen LogP contribution in [0.4, 0.5) is 0 Å². The fourth-order valence-electron chi connectivity index (χ4n) is 1.14. The maximum atomic E-state index is 8.59. The minimum atomic E-state index is 0.190. The largest absolute Gasteiger partial charge is 0.395 e. The van der Waals surface area contributed by atoms with Crippen LogP contribution in [0.15, 0.2) is 0 Å². The van der Waals surface area contributed by atoms with Crippen molar-refractivity contribution in [2.24, 2.45) is 0 Å². The highest BCUT2D eigenvalue weighted by molar-refractivity contribution is 4.61. The Morgan fingerprint density at radius 1 is 1.18 bits per heavy atom. The summed E-state index contributed by atoms with van der Waals surface area (Å²) < 4.78 is 0. The Morgan fingerprint density at radius 2 is 1.64 bits per heavy atom. The van der Waals surface area contributed by atoms with Crippen molar-refractivity contribution in [2.45, 2.75) is 39.8 Å². The summed E-state index contributed by atoms with van der Waals surface area (Å²) in [7, 11) is 0. The Hall–Kier alpha value is -0.120. The van der Waals surface area contributed by atoms with Gasteiger partial charge in [-0.15, -0.1) is 0 Å². The second-order valence-corrected chi connectivity index (χ2v) is 3.23. The molecule has 0 atom stereocenters. The van der Waals surface area contributed by atoms with Crippen LogP contribution in [0.3, 0.4) is 0 Å². The minimum Gasteiger partial charge on any atom is -0.395 e. The smallest absolute Gasteiger partial charge is 0.0570 e. The van der Waals surface area contributed by atoms with Crippen molar-refractivity contribution in [3.8, 4) is 0 Å². The molecule has 0 aromatic carbocycles. The first-order valence-corrected chi connectivity index (χ1v) is 4.22. The quantitative estimate of drug-likeness (QED) is 0.578. The Bertz CT molecular complexity index is 86.1. The lowest BCUT2D eigenvalue weighted by Crippen LogP contribution is -2.48. The van der Waals surface area contributed by atoms with E-state index < -0.39 is 0 Å². The zero-order valence-corrected chi connectivity index (χ0v) is 7.96. The molecule has 0 spiro atoms. The lowest BCUT2D eigenvalue weighted by Gasteiger charge is -2.30. The van der Waals surface area contributed by atoms with Crippen molar-refractivity contribution >= 4 is 0 Å². The van der Waals surface area contributed by atoms with Gasteiger partial charge >= 0.3 is 0 Å². The monoisotopic (exact) mass is 160 g/mol. The standard InChI is InChI=1S/C8H20N2O/c1-7(2)10(8(3)4)9-5-6-11/h7-9,11H,5-6H2,1-4H3. The van der Waals surface area contributed by atoms with Gasteiger partial charge in [-0.05, 0) is 27.7 Å². The summed E-state index contributed by atoms with van der Waals surface area (Å²) in [5.74, 6) is 0. The van der Waals surface area contributed by atoms with Gasteiger partial charge < -0.3 is 5.11 Å². The fourth-order valence-corrected chi connectivity index (χ4v) is 1.14. The molecule has 0 heterocycles. The molecule has 0 rings (SSSR count). The highest BCUT2D eigenvalue weighted by atomic mass is 16.3. The summed E-state index contributed by atoms with van der Waals surface area (Å²) in [6.45, 7) is 9.34. The molecule has 0 unspecified atom stereocenters. The normalized spacial score (nSPS) is 12.0. The minimum absolute atomic E-state index is 0.190. The number of aliphatic hydroxyl groups excluding tert-OH is 1.